The topological polar surface area (TPSA) is 94.5 Å². The van der Waals surface area contributed by atoms with E-state index in [9.17, 15) is 27.6 Å². The molecule has 0 unspecified atom stereocenters. The Balaban J connectivity index is 2.06. The minimum absolute atomic E-state index is 0.134. The molecule has 0 N–H and O–H groups in total. The molecule has 0 bridgehead atoms. The first-order valence-electron chi connectivity index (χ1n) is 9.37. The average molecular weight is 462 g/mol. The van der Waals surface area contributed by atoms with E-state index in [4.69, 9.17) is 9.47 Å². The Morgan fingerprint density at radius 3 is 2.32 bits per heavy atom. The SMILES string of the molecule is CCOC(=O)CN(CC(=O)OCC)c1ccc(CC/C=C2\C(=O)ON=C2C(F)(F)F)s1. The number of alkyl halides is 3. The summed E-state index contributed by atoms with van der Waals surface area (Å²) >= 11 is 1.26. The summed E-state index contributed by atoms with van der Waals surface area (Å²) in [4.78, 5) is 41.6. The predicted molar refractivity (Wildman–Crippen MR) is 106 cm³/mol. The van der Waals surface area contributed by atoms with E-state index in [2.05, 4.69) is 9.99 Å². The molecule has 0 amide bonds. The van der Waals surface area contributed by atoms with Gasteiger partial charge in [-0.1, -0.05) is 11.2 Å². The molecule has 1 aliphatic heterocycles. The van der Waals surface area contributed by atoms with E-state index in [-0.39, 0.29) is 32.7 Å². The Bertz CT molecular complexity index is 858. The normalized spacial score (nSPS) is 14.9. The Labute approximate surface area is 180 Å². The third kappa shape index (κ3) is 7.09. The zero-order valence-corrected chi connectivity index (χ0v) is 17.7. The molecule has 0 aromatic carbocycles. The standard InChI is InChI=1S/C19H21F3N2O6S/c1-3-28-15(25)10-24(11-16(26)29-4-2)14-9-8-12(31-14)6-5-7-13-17(19(20,21)22)23-30-18(13)27/h7-9H,3-6,10-11H2,1-2H3/b13-7-. The second-order valence-corrected chi connectivity index (χ2v) is 7.33. The lowest BCUT2D eigenvalue weighted by Crippen LogP contribution is -2.35. The molecule has 8 nitrogen and oxygen atoms in total. The highest BCUT2D eigenvalue weighted by molar-refractivity contribution is 7.16. The molecule has 1 aromatic heterocycles. The van der Waals surface area contributed by atoms with Gasteiger partial charge < -0.3 is 19.2 Å². The van der Waals surface area contributed by atoms with Gasteiger partial charge >= 0.3 is 24.1 Å². The van der Waals surface area contributed by atoms with Gasteiger partial charge in [0.1, 0.15) is 13.1 Å². The maximum Gasteiger partial charge on any atom is 0.437 e. The van der Waals surface area contributed by atoms with Gasteiger partial charge in [0.15, 0.2) is 5.71 Å². The van der Waals surface area contributed by atoms with Gasteiger partial charge in [-0.3, -0.25) is 9.59 Å². The number of nitrogens with zero attached hydrogens (tertiary/aromatic N) is 2. The molecule has 1 aromatic rings. The van der Waals surface area contributed by atoms with Crippen molar-refractivity contribution >= 4 is 40.0 Å². The molecule has 0 fully saturated rings. The number of thiophene rings is 1. The van der Waals surface area contributed by atoms with Crippen LogP contribution in [0.15, 0.2) is 28.9 Å². The smallest absolute Gasteiger partial charge is 0.437 e. The van der Waals surface area contributed by atoms with Crippen molar-refractivity contribution in [2.45, 2.75) is 32.9 Å². The second-order valence-electron chi connectivity index (χ2n) is 6.18. The Kier molecular flexibility index (Phi) is 8.60. The van der Waals surface area contributed by atoms with Crippen LogP contribution in [-0.2, 0) is 35.1 Å². The zero-order chi connectivity index (χ0) is 23.0. The summed E-state index contributed by atoms with van der Waals surface area (Å²) in [6.45, 7) is 3.41. The van der Waals surface area contributed by atoms with E-state index in [1.54, 1.807) is 26.0 Å². The number of rotatable bonds is 10. The minimum atomic E-state index is -4.78. The quantitative estimate of drug-likeness (QED) is 0.300. The van der Waals surface area contributed by atoms with Crippen LogP contribution >= 0.6 is 11.3 Å². The first kappa shape index (κ1) is 24.4. The van der Waals surface area contributed by atoms with Crippen LogP contribution in [0.3, 0.4) is 0 Å². The molecule has 0 atom stereocenters. The summed E-state index contributed by atoms with van der Waals surface area (Å²) in [6.07, 6.45) is -3.18. The van der Waals surface area contributed by atoms with Gasteiger partial charge in [-0.25, -0.2) is 4.79 Å². The highest BCUT2D eigenvalue weighted by atomic mass is 32.1. The first-order valence-corrected chi connectivity index (χ1v) is 10.2. The van der Waals surface area contributed by atoms with Crippen LogP contribution in [0, 0.1) is 0 Å². The lowest BCUT2D eigenvalue weighted by molar-refractivity contribution is -0.142. The van der Waals surface area contributed by atoms with Crippen molar-refractivity contribution in [2.24, 2.45) is 5.16 Å². The van der Waals surface area contributed by atoms with Crippen LogP contribution in [-0.4, -0.2) is 56.1 Å². The summed E-state index contributed by atoms with van der Waals surface area (Å²) in [7, 11) is 0. The molecular formula is C19H21F3N2O6S. The summed E-state index contributed by atoms with van der Waals surface area (Å²) in [5.41, 5.74) is -1.96. The molecule has 0 spiro atoms. The van der Waals surface area contributed by atoms with Gasteiger partial charge in [0.2, 0.25) is 0 Å². The van der Waals surface area contributed by atoms with Crippen molar-refractivity contribution < 1.29 is 41.9 Å². The molecule has 170 valence electrons. The number of allylic oxidation sites excluding steroid dienone is 1. The van der Waals surface area contributed by atoms with Crippen molar-refractivity contribution in [1.82, 2.24) is 0 Å². The van der Waals surface area contributed by atoms with Crippen molar-refractivity contribution in [1.29, 1.82) is 0 Å². The van der Waals surface area contributed by atoms with E-state index >= 15 is 0 Å². The van der Waals surface area contributed by atoms with Gasteiger partial charge in [-0.05, 0) is 38.8 Å². The molecule has 0 radical (unpaired) electrons. The molecular weight excluding hydrogens is 441 g/mol. The molecule has 0 saturated heterocycles. The Hall–Kier alpha value is -2.89. The van der Waals surface area contributed by atoms with Crippen molar-refractivity contribution in [3.05, 3.63) is 28.7 Å². The summed E-state index contributed by atoms with van der Waals surface area (Å²) < 4.78 is 48.4. The van der Waals surface area contributed by atoms with Crippen molar-refractivity contribution in [2.75, 3.05) is 31.2 Å². The third-order valence-corrected chi connectivity index (χ3v) is 5.12. The minimum Gasteiger partial charge on any atom is -0.465 e. The third-order valence-electron chi connectivity index (χ3n) is 3.91. The first-order chi connectivity index (χ1) is 14.7. The fourth-order valence-corrected chi connectivity index (χ4v) is 3.65. The zero-order valence-electron chi connectivity index (χ0n) is 16.9. The molecule has 0 aliphatic carbocycles. The average Bonchev–Trinajstić information content (AvgIpc) is 3.29. The number of anilines is 1. The van der Waals surface area contributed by atoms with Gasteiger partial charge in [0.05, 0.1) is 23.8 Å². The fourth-order valence-electron chi connectivity index (χ4n) is 2.63. The van der Waals surface area contributed by atoms with Gasteiger partial charge in [-0.2, -0.15) is 13.2 Å². The van der Waals surface area contributed by atoms with Crippen LogP contribution in [0.1, 0.15) is 25.1 Å². The lowest BCUT2D eigenvalue weighted by atomic mass is 10.1. The van der Waals surface area contributed by atoms with E-state index < -0.39 is 35.4 Å². The number of hydrogen-bond donors (Lipinski definition) is 0. The molecule has 12 heteroatoms. The maximum absolute atomic E-state index is 12.9. The van der Waals surface area contributed by atoms with Crippen molar-refractivity contribution in [3.63, 3.8) is 0 Å². The monoisotopic (exact) mass is 462 g/mol. The fraction of sp³-hybridized carbons (Fsp3) is 0.474. The van der Waals surface area contributed by atoms with E-state index in [0.717, 1.165) is 11.0 Å². The van der Waals surface area contributed by atoms with E-state index in [1.807, 2.05) is 0 Å². The summed E-state index contributed by atoms with van der Waals surface area (Å²) in [6, 6.07) is 3.42. The van der Waals surface area contributed by atoms with Crippen molar-refractivity contribution in [3.8, 4) is 0 Å². The molecule has 1 aliphatic rings. The number of carbonyl (C=O) groups excluding carboxylic acids is 3. The van der Waals surface area contributed by atoms with Crippen LogP contribution in [0.25, 0.3) is 0 Å². The number of halogens is 3. The summed E-state index contributed by atoms with van der Waals surface area (Å²) in [5, 5.41) is 3.39. The number of esters is 2. The molecule has 2 heterocycles. The Morgan fingerprint density at radius 1 is 1.16 bits per heavy atom. The number of oxime groups is 1. The van der Waals surface area contributed by atoms with E-state index in [0.29, 0.717) is 11.4 Å². The predicted octanol–water partition coefficient (Wildman–Crippen LogP) is 3.01. The van der Waals surface area contributed by atoms with Crippen LogP contribution in [0.5, 0.6) is 0 Å². The highest BCUT2D eigenvalue weighted by Crippen LogP contribution is 2.29. The number of hydrogen-bond acceptors (Lipinski definition) is 9. The van der Waals surface area contributed by atoms with Gasteiger partial charge in [0.25, 0.3) is 0 Å². The molecule has 31 heavy (non-hydrogen) atoms. The lowest BCUT2D eigenvalue weighted by Gasteiger charge is -2.20. The van der Waals surface area contributed by atoms with Crippen LogP contribution < -0.4 is 4.90 Å². The van der Waals surface area contributed by atoms with Gasteiger partial charge in [0, 0.05) is 4.88 Å². The van der Waals surface area contributed by atoms with E-state index in [1.165, 1.54) is 16.2 Å². The second kappa shape index (κ2) is 10.9. The molecule has 0 saturated carbocycles. The number of aryl methyl sites for hydroxylation is 1. The number of ether oxygens (including phenoxy) is 2. The van der Waals surface area contributed by atoms with Gasteiger partial charge in [-0.15, -0.1) is 11.3 Å². The van der Waals surface area contributed by atoms with Crippen LogP contribution in [0.4, 0.5) is 18.2 Å². The maximum atomic E-state index is 12.9. The summed E-state index contributed by atoms with van der Waals surface area (Å²) in [5.74, 6) is -2.16. The molecule has 2 rings (SSSR count). The van der Waals surface area contributed by atoms with Crippen LogP contribution in [0.2, 0.25) is 0 Å². The highest BCUT2D eigenvalue weighted by Gasteiger charge is 2.45. The largest absolute Gasteiger partial charge is 0.465 e. The number of carbonyl (C=O) groups is 3. The Morgan fingerprint density at radius 2 is 1.77 bits per heavy atom.